The Morgan fingerprint density at radius 3 is 2.79 bits per heavy atom. The molecule has 2 unspecified atom stereocenters. The van der Waals surface area contributed by atoms with Gasteiger partial charge in [0.2, 0.25) is 0 Å². The number of hydrogen-bond acceptors (Lipinski definition) is 4. The van der Waals surface area contributed by atoms with Gasteiger partial charge in [0.15, 0.2) is 0 Å². The third-order valence-corrected chi connectivity index (χ3v) is 5.69. The Kier molecular flexibility index (Phi) is 6.27. The Balaban J connectivity index is 1.44. The first-order valence-electron chi connectivity index (χ1n) is 10.5. The van der Waals surface area contributed by atoms with Crippen LogP contribution in [0.2, 0.25) is 0 Å². The van der Waals surface area contributed by atoms with Gasteiger partial charge in [-0.3, -0.25) is 5.32 Å². The quantitative estimate of drug-likeness (QED) is 0.551. The predicted molar refractivity (Wildman–Crippen MR) is 117 cm³/mol. The monoisotopic (exact) mass is 390 g/mol. The van der Waals surface area contributed by atoms with Crippen molar-refractivity contribution in [1.82, 2.24) is 14.9 Å². The smallest absolute Gasteiger partial charge is 0.144 e. The molecule has 0 saturated heterocycles. The summed E-state index contributed by atoms with van der Waals surface area (Å²) in [5, 5.41) is 16.7. The Bertz CT molecular complexity index is 922. The van der Waals surface area contributed by atoms with Gasteiger partial charge in [-0.2, -0.15) is 0 Å². The van der Waals surface area contributed by atoms with Gasteiger partial charge < -0.3 is 15.0 Å². The fourth-order valence-corrected chi connectivity index (χ4v) is 4.19. The van der Waals surface area contributed by atoms with Crippen LogP contribution in [0.25, 0.3) is 0 Å². The third kappa shape index (κ3) is 5.25. The first-order valence-corrected chi connectivity index (χ1v) is 10.5. The van der Waals surface area contributed by atoms with Crippen LogP contribution >= 0.6 is 0 Å². The molecule has 2 aromatic carbocycles. The molecule has 0 radical (unpaired) electrons. The number of nitrogens with zero attached hydrogens (tertiary/aromatic N) is 2. The van der Waals surface area contributed by atoms with Crippen molar-refractivity contribution < 1.29 is 5.11 Å². The number of aliphatic hydroxyl groups is 1. The molecular weight excluding hydrogens is 360 g/mol. The molecule has 0 saturated carbocycles. The van der Waals surface area contributed by atoms with Gasteiger partial charge in [0.25, 0.3) is 0 Å². The molecule has 2 atom stereocenters. The van der Waals surface area contributed by atoms with Crippen molar-refractivity contribution in [2.45, 2.75) is 31.9 Å². The second-order valence-electron chi connectivity index (χ2n) is 8.04. The third-order valence-electron chi connectivity index (χ3n) is 5.69. The molecule has 29 heavy (non-hydrogen) atoms. The van der Waals surface area contributed by atoms with E-state index in [9.17, 15) is 5.11 Å². The molecule has 5 heteroatoms. The highest BCUT2D eigenvalue weighted by Gasteiger charge is 2.18. The van der Waals surface area contributed by atoms with Crippen LogP contribution in [-0.2, 0) is 26.3 Å². The summed E-state index contributed by atoms with van der Waals surface area (Å²) in [7, 11) is 1.99. The van der Waals surface area contributed by atoms with Gasteiger partial charge in [0.05, 0.1) is 6.33 Å². The molecule has 4 rings (SSSR count). The van der Waals surface area contributed by atoms with Crippen LogP contribution < -0.4 is 10.6 Å². The SMILES string of the molecule is Cn1cnc(NCCC(Cc2ccccc2)Cc2ccc3c(c2)CCNC3O)c1. The highest BCUT2D eigenvalue weighted by atomic mass is 16.3. The van der Waals surface area contributed by atoms with E-state index in [1.807, 2.05) is 24.1 Å². The van der Waals surface area contributed by atoms with Crippen LogP contribution in [0.3, 0.4) is 0 Å². The lowest BCUT2D eigenvalue weighted by Gasteiger charge is -2.24. The molecule has 0 fully saturated rings. The van der Waals surface area contributed by atoms with Crippen LogP contribution in [0.5, 0.6) is 0 Å². The molecule has 3 N–H and O–H groups in total. The molecule has 5 nitrogen and oxygen atoms in total. The van der Waals surface area contributed by atoms with Crippen LogP contribution in [0.15, 0.2) is 61.1 Å². The maximum Gasteiger partial charge on any atom is 0.144 e. The Morgan fingerprint density at radius 2 is 2.00 bits per heavy atom. The Morgan fingerprint density at radius 1 is 1.17 bits per heavy atom. The molecule has 0 amide bonds. The fraction of sp³-hybridized carbons (Fsp3) is 0.375. The molecule has 3 aromatic rings. The number of fused-ring (bicyclic) bond motifs is 1. The number of aromatic nitrogens is 2. The number of hydrogen-bond donors (Lipinski definition) is 3. The van der Waals surface area contributed by atoms with Gasteiger partial charge in [-0.15, -0.1) is 0 Å². The normalized spacial score (nSPS) is 17.0. The average Bonchev–Trinajstić information content (AvgIpc) is 3.14. The zero-order chi connectivity index (χ0) is 20.1. The van der Waals surface area contributed by atoms with Crippen molar-refractivity contribution in [2.24, 2.45) is 13.0 Å². The first-order chi connectivity index (χ1) is 14.2. The minimum atomic E-state index is -0.532. The summed E-state index contributed by atoms with van der Waals surface area (Å²) in [6.45, 7) is 1.74. The van der Waals surface area contributed by atoms with Crippen LogP contribution in [0, 0.1) is 5.92 Å². The van der Waals surface area contributed by atoms with Gasteiger partial charge in [0, 0.05) is 26.3 Å². The molecule has 0 aliphatic carbocycles. The maximum atomic E-state index is 10.1. The standard InChI is InChI=1S/C24H30N4O/c1-28-16-23(27-17-28)25-11-9-20(13-18-5-3-2-4-6-18)14-19-7-8-22-21(15-19)10-12-26-24(22)29/h2-8,15-17,20,24-26,29H,9-14H2,1H3. The van der Waals surface area contributed by atoms with E-state index in [0.717, 1.165) is 50.2 Å². The number of aliphatic hydroxyl groups excluding tert-OH is 1. The number of imidazole rings is 1. The highest BCUT2D eigenvalue weighted by Crippen LogP contribution is 2.25. The van der Waals surface area contributed by atoms with Crippen molar-refractivity contribution in [3.63, 3.8) is 0 Å². The van der Waals surface area contributed by atoms with Gasteiger partial charge in [-0.25, -0.2) is 4.98 Å². The fourth-order valence-electron chi connectivity index (χ4n) is 4.19. The largest absolute Gasteiger partial charge is 0.374 e. The summed E-state index contributed by atoms with van der Waals surface area (Å²) in [4.78, 5) is 4.36. The first kappa shape index (κ1) is 19.7. The van der Waals surface area contributed by atoms with Crippen LogP contribution in [-0.4, -0.2) is 27.7 Å². The molecule has 1 aliphatic heterocycles. The van der Waals surface area contributed by atoms with Gasteiger partial charge in [-0.1, -0.05) is 48.5 Å². The zero-order valence-corrected chi connectivity index (χ0v) is 17.0. The van der Waals surface area contributed by atoms with Crippen molar-refractivity contribution in [2.75, 3.05) is 18.4 Å². The molecule has 0 bridgehead atoms. The van der Waals surface area contributed by atoms with E-state index in [1.165, 1.54) is 16.7 Å². The summed E-state index contributed by atoms with van der Waals surface area (Å²) in [5.41, 5.74) is 5.04. The van der Waals surface area contributed by atoms with Gasteiger partial charge in [0.1, 0.15) is 12.0 Å². The van der Waals surface area contributed by atoms with Crippen molar-refractivity contribution in [3.05, 3.63) is 83.3 Å². The molecular formula is C24H30N4O. The highest BCUT2D eigenvalue weighted by molar-refractivity contribution is 5.36. The predicted octanol–water partition coefficient (Wildman–Crippen LogP) is 3.46. The molecule has 1 aromatic heterocycles. The second kappa shape index (κ2) is 9.25. The summed E-state index contributed by atoms with van der Waals surface area (Å²) in [6.07, 6.45) is 7.45. The van der Waals surface area contributed by atoms with E-state index in [2.05, 4.69) is 64.1 Å². The average molecular weight is 391 g/mol. The topological polar surface area (TPSA) is 62.1 Å². The van der Waals surface area contributed by atoms with Crippen molar-refractivity contribution >= 4 is 5.82 Å². The zero-order valence-electron chi connectivity index (χ0n) is 17.0. The van der Waals surface area contributed by atoms with E-state index in [-0.39, 0.29) is 0 Å². The number of nitrogens with one attached hydrogen (secondary N) is 2. The van der Waals surface area contributed by atoms with Crippen LogP contribution in [0.1, 0.15) is 34.9 Å². The number of aryl methyl sites for hydroxylation is 1. The van der Waals surface area contributed by atoms with E-state index < -0.39 is 6.23 Å². The minimum Gasteiger partial charge on any atom is -0.374 e. The van der Waals surface area contributed by atoms with Crippen molar-refractivity contribution in [1.29, 1.82) is 0 Å². The lowest BCUT2D eigenvalue weighted by Crippen LogP contribution is -2.29. The maximum absolute atomic E-state index is 10.1. The van der Waals surface area contributed by atoms with Crippen molar-refractivity contribution in [3.8, 4) is 0 Å². The Hall–Kier alpha value is -2.63. The molecule has 2 heterocycles. The van der Waals surface area contributed by atoms with E-state index in [0.29, 0.717) is 5.92 Å². The van der Waals surface area contributed by atoms with Gasteiger partial charge >= 0.3 is 0 Å². The van der Waals surface area contributed by atoms with E-state index >= 15 is 0 Å². The molecule has 1 aliphatic rings. The van der Waals surface area contributed by atoms with E-state index in [4.69, 9.17) is 0 Å². The number of anilines is 1. The number of benzene rings is 2. The molecule has 152 valence electrons. The van der Waals surface area contributed by atoms with E-state index in [1.54, 1.807) is 0 Å². The van der Waals surface area contributed by atoms with Crippen LogP contribution in [0.4, 0.5) is 5.82 Å². The lowest BCUT2D eigenvalue weighted by atomic mass is 9.88. The summed E-state index contributed by atoms with van der Waals surface area (Å²) in [5.74, 6) is 1.47. The minimum absolute atomic E-state index is 0.532. The molecule has 0 spiro atoms. The Labute approximate surface area is 172 Å². The summed E-state index contributed by atoms with van der Waals surface area (Å²) in [6, 6.07) is 17.3. The summed E-state index contributed by atoms with van der Waals surface area (Å²) < 4.78 is 1.96. The summed E-state index contributed by atoms with van der Waals surface area (Å²) >= 11 is 0. The second-order valence-corrected chi connectivity index (χ2v) is 8.04. The van der Waals surface area contributed by atoms with Gasteiger partial charge in [-0.05, 0) is 53.9 Å². The number of rotatable bonds is 8. The lowest BCUT2D eigenvalue weighted by molar-refractivity contribution is 0.132.